The van der Waals surface area contributed by atoms with Gasteiger partial charge in [-0.1, -0.05) is 19.8 Å². The maximum atomic E-state index is 13.5. The molecule has 0 amide bonds. The highest BCUT2D eigenvalue weighted by molar-refractivity contribution is 5.88. The maximum absolute atomic E-state index is 13.5. The topological polar surface area (TPSA) is 46.5 Å². The highest BCUT2D eigenvalue weighted by atomic mass is 19.1. The van der Waals surface area contributed by atoms with Crippen molar-refractivity contribution in [2.75, 3.05) is 0 Å². The van der Waals surface area contributed by atoms with Crippen molar-refractivity contribution in [2.24, 2.45) is 5.92 Å². The van der Waals surface area contributed by atoms with Crippen molar-refractivity contribution in [3.8, 4) is 5.75 Å². The summed E-state index contributed by atoms with van der Waals surface area (Å²) >= 11 is 0. The van der Waals surface area contributed by atoms with E-state index < -0.39 is 11.8 Å². The number of carboxylic acid groups (broad SMARTS) is 1. The lowest BCUT2D eigenvalue weighted by Crippen LogP contribution is -2.25. The molecule has 2 unspecified atom stereocenters. The number of ether oxygens (including phenoxy) is 1. The number of carbonyl (C=O) groups is 1. The summed E-state index contributed by atoms with van der Waals surface area (Å²) in [6.07, 6.45) is 5.62. The SMILES string of the molecule is CCC1CCCC(Oc2ccc(C(=O)O)c(F)c2)C1. The van der Waals surface area contributed by atoms with E-state index in [1.807, 2.05) is 0 Å². The minimum absolute atomic E-state index is 0.119. The normalized spacial score (nSPS) is 23.1. The van der Waals surface area contributed by atoms with Gasteiger partial charge in [-0.15, -0.1) is 0 Å². The van der Waals surface area contributed by atoms with Crippen molar-refractivity contribution >= 4 is 5.97 Å². The Hall–Kier alpha value is -1.58. The van der Waals surface area contributed by atoms with E-state index in [-0.39, 0.29) is 11.7 Å². The molecule has 0 bridgehead atoms. The van der Waals surface area contributed by atoms with Gasteiger partial charge in [0.15, 0.2) is 0 Å². The smallest absolute Gasteiger partial charge is 0.338 e. The first-order valence-electron chi connectivity index (χ1n) is 6.79. The molecule has 0 spiro atoms. The molecular weight excluding hydrogens is 247 g/mol. The Labute approximate surface area is 112 Å². The van der Waals surface area contributed by atoms with Crippen molar-refractivity contribution in [1.29, 1.82) is 0 Å². The molecule has 104 valence electrons. The average molecular weight is 266 g/mol. The second-order valence-electron chi connectivity index (χ2n) is 5.13. The summed E-state index contributed by atoms with van der Waals surface area (Å²) in [6, 6.07) is 3.95. The summed E-state index contributed by atoms with van der Waals surface area (Å²) in [5.74, 6) is -0.897. The quantitative estimate of drug-likeness (QED) is 0.899. The van der Waals surface area contributed by atoms with Crippen molar-refractivity contribution in [3.63, 3.8) is 0 Å². The van der Waals surface area contributed by atoms with Crippen LogP contribution in [0.25, 0.3) is 0 Å². The fourth-order valence-electron chi connectivity index (χ4n) is 2.65. The predicted molar refractivity (Wildman–Crippen MR) is 70.0 cm³/mol. The van der Waals surface area contributed by atoms with Crippen LogP contribution >= 0.6 is 0 Å². The third-order valence-corrected chi connectivity index (χ3v) is 3.79. The van der Waals surface area contributed by atoms with Crippen LogP contribution in [0.4, 0.5) is 4.39 Å². The molecule has 2 rings (SSSR count). The van der Waals surface area contributed by atoms with Crippen LogP contribution in [0.15, 0.2) is 18.2 Å². The third kappa shape index (κ3) is 3.46. The molecular formula is C15H19FO3. The first kappa shape index (κ1) is 13.8. The van der Waals surface area contributed by atoms with E-state index >= 15 is 0 Å². The number of hydrogen-bond donors (Lipinski definition) is 1. The standard InChI is InChI=1S/C15H19FO3/c1-2-10-4-3-5-11(8-10)19-12-6-7-13(15(17)18)14(16)9-12/h6-7,9-11H,2-5,8H2,1H3,(H,17,18). The van der Waals surface area contributed by atoms with Gasteiger partial charge in [0, 0.05) is 6.07 Å². The number of benzene rings is 1. The van der Waals surface area contributed by atoms with Gasteiger partial charge in [0.2, 0.25) is 0 Å². The van der Waals surface area contributed by atoms with E-state index in [2.05, 4.69) is 6.92 Å². The largest absolute Gasteiger partial charge is 0.490 e. The molecule has 1 aromatic carbocycles. The van der Waals surface area contributed by atoms with E-state index in [1.54, 1.807) is 0 Å². The minimum Gasteiger partial charge on any atom is -0.490 e. The molecule has 1 N–H and O–H groups in total. The summed E-state index contributed by atoms with van der Waals surface area (Å²) in [6.45, 7) is 2.17. The number of aromatic carboxylic acids is 1. The molecule has 2 atom stereocenters. The molecule has 0 radical (unpaired) electrons. The average Bonchev–Trinajstić information content (AvgIpc) is 2.38. The Morgan fingerprint density at radius 1 is 1.47 bits per heavy atom. The predicted octanol–water partition coefficient (Wildman–Crippen LogP) is 3.87. The molecule has 1 aliphatic carbocycles. The fourth-order valence-corrected chi connectivity index (χ4v) is 2.65. The van der Waals surface area contributed by atoms with E-state index in [0.29, 0.717) is 11.7 Å². The Balaban J connectivity index is 2.03. The zero-order valence-electron chi connectivity index (χ0n) is 11.1. The van der Waals surface area contributed by atoms with Crippen molar-refractivity contribution in [1.82, 2.24) is 0 Å². The lowest BCUT2D eigenvalue weighted by atomic mass is 9.85. The second-order valence-corrected chi connectivity index (χ2v) is 5.13. The fraction of sp³-hybridized carbons (Fsp3) is 0.533. The number of rotatable bonds is 4. The highest BCUT2D eigenvalue weighted by Crippen LogP contribution is 2.30. The molecule has 1 fully saturated rings. The van der Waals surface area contributed by atoms with Crippen LogP contribution in [0, 0.1) is 11.7 Å². The van der Waals surface area contributed by atoms with Crippen LogP contribution in [0.3, 0.4) is 0 Å². The van der Waals surface area contributed by atoms with Gasteiger partial charge in [-0.25, -0.2) is 9.18 Å². The van der Waals surface area contributed by atoms with E-state index in [0.717, 1.165) is 25.7 Å². The molecule has 3 nitrogen and oxygen atoms in total. The molecule has 19 heavy (non-hydrogen) atoms. The molecule has 4 heteroatoms. The number of hydrogen-bond acceptors (Lipinski definition) is 2. The molecule has 1 saturated carbocycles. The first-order valence-corrected chi connectivity index (χ1v) is 6.79. The number of carboxylic acids is 1. The summed E-state index contributed by atoms with van der Waals surface area (Å²) in [5, 5.41) is 8.76. The Morgan fingerprint density at radius 2 is 2.26 bits per heavy atom. The van der Waals surface area contributed by atoms with E-state index in [1.165, 1.54) is 24.6 Å². The van der Waals surface area contributed by atoms with Crippen LogP contribution in [-0.2, 0) is 0 Å². The van der Waals surface area contributed by atoms with Gasteiger partial charge in [-0.3, -0.25) is 0 Å². The minimum atomic E-state index is -1.26. The van der Waals surface area contributed by atoms with Gasteiger partial charge in [-0.2, -0.15) is 0 Å². The molecule has 1 aromatic rings. The van der Waals surface area contributed by atoms with Gasteiger partial charge in [0.05, 0.1) is 11.7 Å². The Bertz CT molecular complexity index is 459. The maximum Gasteiger partial charge on any atom is 0.338 e. The second kappa shape index (κ2) is 6.04. The lowest BCUT2D eigenvalue weighted by Gasteiger charge is -2.29. The van der Waals surface area contributed by atoms with Crippen LogP contribution < -0.4 is 4.74 Å². The summed E-state index contributed by atoms with van der Waals surface area (Å²) in [7, 11) is 0. The Kier molecular flexibility index (Phi) is 4.40. The van der Waals surface area contributed by atoms with Gasteiger partial charge in [0.25, 0.3) is 0 Å². The van der Waals surface area contributed by atoms with Crippen LogP contribution in [0.2, 0.25) is 0 Å². The van der Waals surface area contributed by atoms with Crippen LogP contribution in [0.1, 0.15) is 49.4 Å². The lowest BCUT2D eigenvalue weighted by molar-refractivity contribution is 0.0691. The van der Waals surface area contributed by atoms with E-state index in [9.17, 15) is 9.18 Å². The molecule has 1 aliphatic rings. The van der Waals surface area contributed by atoms with E-state index in [4.69, 9.17) is 9.84 Å². The Morgan fingerprint density at radius 3 is 2.89 bits per heavy atom. The third-order valence-electron chi connectivity index (χ3n) is 3.79. The zero-order valence-corrected chi connectivity index (χ0v) is 11.1. The van der Waals surface area contributed by atoms with Gasteiger partial charge in [0.1, 0.15) is 11.6 Å². The van der Waals surface area contributed by atoms with Gasteiger partial charge < -0.3 is 9.84 Å². The molecule has 0 aliphatic heterocycles. The van der Waals surface area contributed by atoms with Crippen LogP contribution in [0.5, 0.6) is 5.75 Å². The van der Waals surface area contributed by atoms with Crippen molar-refractivity contribution in [3.05, 3.63) is 29.6 Å². The molecule has 0 heterocycles. The monoisotopic (exact) mass is 266 g/mol. The summed E-state index contributed by atoms with van der Waals surface area (Å²) < 4.78 is 19.3. The number of halogens is 1. The molecule has 0 saturated heterocycles. The molecule has 0 aromatic heterocycles. The van der Waals surface area contributed by atoms with Crippen molar-refractivity contribution < 1.29 is 19.0 Å². The van der Waals surface area contributed by atoms with Gasteiger partial charge in [-0.05, 0) is 37.3 Å². The van der Waals surface area contributed by atoms with Crippen LogP contribution in [-0.4, -0.2) is 17.2 Å². The first-order chi connectivity index (χ1) is 9.10. The van der Waals surface area contributed by atoms with Gasteiger partial charge >= 0.3 is 5.97 Å². The zero-order chi connectivity index (χ0) is 13.8. The highest BCUT2D eigenvalue weighted by Gasteiger charge is 2.22. The summed E-state index contributed by atoms with van der Waals surface area (Å²) in [4.78, 5) is 10.7. The van der Waals surface area contributed by atoms with Crippen molar-refractivity contribution in [2.45, 2.75) is 45.1 Å². The summed E-state index contributed by atoms with van der Waals surface area (Å²) in [5.41, 5.74) is -0.317.